The molecule has 1 aliphatic carbocycles. The fourth-order valence-corrected chi connectivity index (χ4v) is 1.85. The van der Waals surface area contributed by atoms with E-state index in [0.717, 1.165) is 6.54 Å². The highest BCUT2D eigenvalue weighted by Gasteiger charge is 2.15. The van der Waals surface area contributed by atoms with Crippen LogP contribution in [0.3, 0.4) is 0 Å². The number of hydrogen-bond acceptors (Lipinski definition) is 1. The molecule has 1 N–H and O–H groups in total. The largest absolute Gasteiger partial charge is 0.355 e. The van der Waals surface area contributed by atoms with Crippen LogP contribution in [0.25, 0.3) is 0 Å². The highest BCUT2D eigenvalue weighted by Crippen LogP contribution is 2.22. The lowest BCUT2D eigenvalue weighted by atomic mass is 9.89. The highest BCUT2D eigenvalue weighted by molar-refractivity contribution is 6.30. The molecular formula is C10H18ClNO. The number of alkyl halides is 1. The molecule has 1 rings (SSSR count). The van der Waals surface area contributed by atoms with Gasteiger partial charge in [0, 0.05) is 6.54 Å². The Morgan fingerprint density at radius 3 is 2.62 bits per heavy atom. The normalized spacial score (nSPS) is 21.1. The number of carbonyl (C=O) groups is 1. The zero-order valence-corrected chi connectivity index (χ0v) is 8.94. The van der Waals surface area contributed by atoms with E-state index in [0.29, 0.717) is 5.92 Å². The number of nitrogens with one attached hydrogen (secondary N) is 1. The van der Waals surface area contributed by atoms with Crippen molar-refractivity contribution < 1.29 is 4.79 Å². The first kappa shape index (κ1) is 10.8. The smallest absolute Gasteiger partial charge is 0.237 e. The molecule has 76 valence electrons. The fraction of sp³-hybridized carbons (Fsp3) is 0.900. The van der Waals surface area contributed by atoms with Gasteiger partial charge >= 0.3 is 0 Å². The van der Waals surface area contributed by atoms with Crippen molar-refractivity contribution in [2.45, 2.75) is 44.4 Å². The summed E-state index contributed by atoms with van der Waals surface area (Å²) in [6.07, 6.45) is 6.51. The number of carbonyl (C=O) groups excluding carboxylic acids is 1. The number of amides is 1. The van der Waals surface area contributed by atoms with Crippen molar-refractivity contribution in [1.82, 2.24) is 5.32 Å². The summed E-state index contributed by atoms with van der Waals surface area (Å²) in [6, 6.07) is 0. The van der Waals surface area contributed by atoms with E-state index in [2.05, 4.69) is 5.32 Å². The van der Waals surface area contributed by atoms with Crippen molar-refractivity contribution in [2.24, 2.45) is 5.92 Å². The Labute approximate surface area is 85.0 Å². The first-order valence-corrected chi connectivity index (χ1v) is 5.55. The molecule has 0 saturated heterocycles. The molecule has 0 heterocycles. The molecule has 0 aromatic rings. The van der Waals surface area contributed by atoms with Gasteiger partial charge in [-0.25, -0.2) is 0 Å². The number of rotatable bonds is 3. The molecule has 1 unspecified atom stereocenters. The van der Waals surface area contributed by atoms with Gasteiger partial charge in [0.2, 0.25) is 5.91 Å². The Morgan fingerprint density at radius 2 is 2.08 bits per heavy atom. The van der Waals surface area contributed by atoms with Crippen LogP contribution in [-0.4, -0.2) is 17.8 Å². The molecule has 2 nitrogen and oxygen atoms in total. The topological polar surface area (TPSA) is 29.1 Å². The molecule has 0 aromatic heterocycles. The van der Waals surface area contributed by atoms with Crippen LogP contribution in [0, 0.1) is 5.92 Å². The Kier molecular flexibility index (Phi) is 4.57. The second-order valence-corrected chi connectivity index (χ2v) is 4.52. The van der Waals surface area contributed by atoms with E-state index in [1.54, 1.807) is 6.92 Å². The minimum atomic E-state index is -0.399. The van der Waals surface area contributed by atoms with Crippen LogP contribution in [0.1, 0.15) is 39.0 Å². The zero-order valence-electron chi connectivity index (χ0n) is 8.18. The molecule has 1 fully saturated rings. The average molecular weight is 204 g/mol. The van der Waals surface area contributed by atoms with Crippen molar-refractivity contribution >= 4 is 17.5 Å². The lowest BCUT2D eigenvalue weighted by Gasteiger charge is -2.21. The van der Waals surface area contributed by atoms with Gasteiger partial charge in [-0.1, -0.05) is 19.3 Å². The Balaban J connectivity index is 2.13. The minimum absolute atomic E-state index is 0.0350. The third kappa shape index (κ3) is 3.99. The van der Waals surface area contributed by atoms with Crippen LogP contribution < -0.4 is 5.32 Å². The summed E-state index contributed by atoms with van der Waals surface area (Å²) < 4.78 is 0. The maximum Gasteiger partial charge on any atom is 0.237 e. The van der Waals surface area contributed by atoms with Gasteiger partial charge in [0.25, 0.3) is 0 Å². The summed E-state index contributed by atoms with van der Waals surface area (Å²) in [6.45, 7) is 2.52. The molecule has 0 radical (unpaired) electrons. The minimum Gasteiger partial charge on any atom is -0.355 e. The van der Waals surface area contributed by atoms with Gasteiger partial charge in [-0.15, -0.1) is 11.6 Å². The lowest BCUT2D eigenvalue weighted by Crippen LogP contribution is -2.34. The summed E-state index contributed by atoms with van der Waals surface area (Å²) >= 11 is 5.63. The van der Waals surface area contributed by atoms with E-state index in [-0.39, 0.29) is 5.91 Å². The zero-order chi connectivity index (χ0) is 9.68. The van der Waals surface area contributed by atoms with Gasteiger partial charge in [-0.2, -0.15) is 0 Å². The predicted octanol–water partition coefficient (Wildman–Crippen LogP) is 2.31. The SMILES string of the molecule is CC(Cl)C(=O)NCC1CCCCC1. The maximum absolute atomic E-state index is 11.1. The average Bonchev–Trinajstić information content (AvgIpc) is 2.15. The predicted molar refractivity (Wildman–Crippen MR) is 54.9 cm³/mol. The fourth-order valence-electron chi connectivity index (χ4n) is 1.78. The van der Waals surface area contributed by atoms with Gasteiger partial charge in [0.1, 0.15) is 5.38 Å². The summed E-state index contributed by atoms with van der Waals surface area (Å²) in [4.78, 5) is 11.1. The Morgan fingerprint density at radius 1 is 1.46 bits per heavy atom. The first-order valence-electron chi connectivity index (χ1n) is 5.12. The third-order valence-corrected chi connectivity index (χ3v) is 2.85. The second-order valence-electron chi connectivity index (χ2n) is 3.87. The Bertz CT molecular complexity index is 164. The number of hydrogen-bond donors (Lipinski definition) is 1. The molecule has 0 aliphatic heterocycles. The quantitative estimate of drug-likeness (QED) is 0.701. The highest BCUT2D eigenvalue weighted by atomic mass is 35.5. The van der Waals surface area contributed by atoms with Crippen molar-refractivity contribution in [2.75, 3.05) is 6.54 Å². The van der Waals surface area contributed by atoms with Crippen LogP contribution in [0.15, 0.2) is 0 Å². The van der Waals surface area contributed by atoms with E-state index in [1.807, 2.05) is 0 Å². The molecule has 1 atom stereocenters. The van der Waals surface area contributed by atoms with Gasteiger partial charge in [0.15, 0.2) is 0 Å². The van der Waals surface area contributed by atoms with Gasteiger partial charge in [-0.05, 0) is 25.7 Å². The third-order valence-electron chi connectivity index (χ3n) is 2.65. The van der Waals surface area contributed by atoms with Crippen molar-refractivity contribution in [3.63, 3.8) is 0 Å². The monoisotopic (exact) mass is 203 g/mol. The van der Waals surface area contributed by atoms with E-state index < -0.39 is 5.38 Å². The molecule has 1 saturated carbocycles. The van der Waals surface area contributed by atoms with Crippen molar-refractivity contribution in [1.29, 1.82) is 0 Å². The van der Waals surface area contributed by atoms with Crippen LogP contribution >= 0.6 is 11.6 Å². The molecule has 3 heteroatoms. The van der Waals surface area contributed by atoms with E-state index in [9.17, 15) is 4.79 Å². The lowest BCUT2D eigenvalue weighted by molar-refractivity contribution is -0.120. The van der Waals surface area contributed by atoms with Crippen LogP contribution in [-0.2, 0) is 4.79 Å². The van der Waals surface area contributed by atoms with Gasteiger partial charge in [0.05, 0.1) is 0 Å². The number of halogens is 1. The Hall–Kier alpha value is -0.240. The van der Waals surface area contributed by atoms with E-state index in [1.165, 1.54) is 32.1 Å². The molecule has 0 bridgehead atoms. The van der Waals surface area contributed by atoms with Crippen molar-refractivity contribution in [3.05, 3.63) is 0 Å². The van der Waals surface area contributed by atoms with Crippen LogP contribution in [0.2, 0.25) is 0 Å². The summed E-state index contributed by atoms with van der Waals surface area (Å²) in [5.41, 5.74) is 0. The maximum atomic E-state index is 11.1. The molecule has 0 aromatic carbocycles. The van der Waals surface area contributed by atoms with Crippen molar-refractivity contribution in [3.8, 4) is 0 Å². The van der Waals surface area contributed by atoms with Gasteiger partial charge in [-0.3, -0.25) is 4.79 Å². The van der Waals surface area contributed by atoms with E-state index in [4.69, 9.17) is 11.6 Å². The standard InChI is InChI=1S/C10H18ClNO/c1-8(11)10(13)12-7-9-5-3-2-4-6-9/h8-9H,2-7H2,1H3,(H,12,13). The molecular weight excluding hydrogens is 186 g/mol. The molecule has 1 amide bonds. The second kappa shape index (κ2) is 5.48. The molecule has 13 heavy (non-hydrogen) atoms. The van der Waals surface area contributed by atoms with E-state index >= 15 is 0 Å². The first-order chi connectivity index (χ1) is 6.20. The summed E-state index contributed by atoms with van der Waals surface area (Å²) in [7, 11) is 0. The molecule has 0 spiro atoms. The van der Waals surface area contributed by atoms with Crippen LogP contribution in [0.5, 0.6) is 0 Å². The summed E-state index contributed by atoms with van der Waals surface area (Å²) in [5.74, 6) is 0.653. The summed E-state index contributed by atoms with van der Waals surface area (Å²) in [5, 5.41) is 2.48. The van der Waals surface area contributed by atoms with Gasteiger partial charge < -0.3 is 5.32 Å². The van der Waals surface area contributed by atoms with Crippen LogP contribution in [0.4, 0.5) is 0 Å². The molecule has 1 aliphatic rings.